The van der Waals surface area contributed by atoms with E-state index in [1.807, 2.05) is 18.2 Å². The first-order valence-corrected chi connectivity index (χ1v) is 13.7. The van der Waals surface area contributed by atoms with Crippen LogP contribution in [0.15, 0.2) is 65.6 Å². The largest absolute Gasteiger partial charge is 0.493 e. The molecule has 0 spiro atoms. The van der Waals surface area contributed by atoms with Crippen LogP contribution in [0, 0.1) is 0 Å². The molecule has 3 aromatic carbocycles. The van der Waals surface area contributed by atoms with Gasteiger partial charge in [-0.25, -0.2) is 0 Å². The minimum atomic E-state index is -0.493. The fourth-order valence-corrected chi connectivity index (χ4v) is 5.72. The number of fused-ring (bicyclic) bond motifs is 1. The second-order valence-corrected chi connectivity index (χ2v) is 10.9. The number of methoxy groups -OCH3 is 1. The molecule has 200 valence electrons. The lowest BCUT2D eigenvalue weighted by Crippen LogP contribution is -2.44. The first kappa shape index (κ1) is 27.1. The summed E-state index contributed by atoms with van der Waals surface area (Å²) >= 11 is 13.0. The third-order valence-electron chi connectivity index (χ3n) is 6.53. The number of carbonyl (C=O) groups is 3. The molecule has 0 N–H and O–H groups in total. The van der Waals surface area contributed by atoms with Crippen molar-refractivity contribution in [2.24, 2.45) is 0 Å². The van der Waals surface area contributed by atoms with E-state index in [-0.39, 0.29) is 24.0 Å². The highest BCUT2D eigenvalue weighted by molar-refractivity contribution is 8.18. The predicted molar refractivity (Wildman–Crippen MR) is 152 cm³/mol. The van der Waals surface area contributed by atoms with Gasteiger partial charge in [-0.3, -0.25) is 19.3 Å². The minimum absolute atomic E-state index is 0.210. The predicted octanol–water partition coefficient (Wildman–Crippen LogP) is 6.20. The van der Waals surface area contributed by atoms with Crippen LogP contribution in [0.3, 0.4) is 0 Å². The van der Waals surface area contributed by atoms with E-state index >= 15 is 0 Å². The van der Waals surface area contributed by atoms with E-state index in [2.05, 4.69) is 6.07 Å². The van der Waals surface area contributed by atoms with Gasteiger partial charge in [-0.05, 0) is 65.2 Å². The summed E-state index contributed by atoms with van der Waals surface area (Å²) in [5, 5.41) is 0.568. The molecule has 2 aliphatic heterocycles. The monoisotopic (exact) mass is 582 g/mol. The van der Waals surface area contributed by atoms with E-state index in [0.29, 0.717) is 40.2 Å². The Morgan fingerprint density at radius 2 is 1.82 bits per heavy atom. The second kappa shape index (κ2) is 11.7. The van der Waals surface area contributed by atoms with E-state index in [4.69, 9.17) is 32.7 Å². The smallest absolute Gasteiger partial charge is 0.294 e. The Hall–Kier alpha value is -3.46. The molecule has 0 atom stereocenters. The van der Waals surface area contributed by atoms with Gasteiger partial charge >= 0.3 is 0 Å². The summed E-state index contributed by atoms with van der Waals surface area (Å²) in [5.41, 5.74) is 3.72. The van der Waals surface area contributed by atoms with Crippen molar-refractivity contribution in [1.29, 1.82) is 0 Å². The molecule has 7 nitrogen and oxygen atoms in total. The lowest BCUT2D eigenvalue weighted by Gasteiger charge is -2.29. The van der Waals surface area contributed by atoms with Crippen LogP contribution in [0.5, 0.6) is 11.5 Å². The quantitative estimate of drug-likeness (QED) is 0.309. The second-order valence-electron chi connectivity index (χ2n) is 9.04. The third-order valence-corrected chi connectivity index (χ3v) is 8.03. The molecule has 2 heterocycles. The van der Waals surface area contributed by atoms with Gasteiger partial charge in [0, 0.05) is 28.7 Å². The molecule has 3 aromatic rings. The van der Waals surface area contributed by atoms with E-state index in [1.54, 1.807) is 47.4 Å². The topological polar surface area (TPSA) is 76.2 Å². The molecule has 0 radical (unpaired) electrons. The number of thioether (sulfide) groups is 1. The molecular formula is C29H24Cl2N2O5S. The van der Waals surface area contributed by atoms with Gasteiger partial charge in [0.2, 0.25) is 5.91 Å². The Morgan fingerprint density at radius 1 is 1.03 bits per heavy atom. The highest BCUT2D eigenvalue weighted by Gasteiger charge is 2.37. The first-order chi connectivity index (χ1) is 18.8. The van der Waals surface area contributed by atoms with Gasteiger partial charge in [0.05, 0.1) is 12.0 Å². The molecule has 5 rings (SSSR count). The number of halogens is 2. The average molecular weight is 583 g/mol. The summed E-state index contributed by atoms with van der Waals surface area (Å²) in [7, 11) is 1.51. The number of hydrogen-bond donors (Lipinski definition) is 0. The minimum Gasteiger partial charge on any atom is -0.493 e. The van der Waals surface area contributed by atoms with Gasteiger partial charge in [-0.15, -0.1) is 0 Å². The molecule has 0 aromatic heterocycles. The zero-order valence-electron chi connectivity index (χ0n) is 21.0. The number of carbonyl (C=O) groups excluding carboxylic acids is 3. The lowest BCUT2D eigenvalue weighted by molar-refractivity contribution is -0.136. The van der Waals surface area contributed by atoms with Crippen LogP contribution < -0.4 is 9.47 Å². The van der Waals surface area contributed by atoms with Crippen molar-refractivity contribution in [1.82, 2.24) is 9.80 Å². The van der Waals surface area contributed by atoms with Gasteiger partial charge in [0.15, 0.2) is 11.5 Å². The summed E-state index contributed by atoms with van der Waals surface area (Å²) in [6, 6.07) is 18.3. The van der Waals surface area contributed by atoms with E-state index in [9.17, 15) is 14.4 Å². The Bertz CT molecular complexity index is 1490. The maximum Gasteiger partial charge on any atom is 0.294 e. The molecule has 1 fully saturated rings. The molecule has 10 heteroatoms. The number of hydrogen-bond acceptors (Lipinski definition) is 6. The summed E-state index contributed by atoms with van der Waals surface area (Å²) in [6.07, 6.45) is 2.35. The van der Waals surface area contributed by atoms with Crippen LogP contribution in [-0.2, 0) is 29.2 Å². The number of ether oxygens (including phenoxy) is 2. The fourth-order valence-electron chi connectivity index (χ4n) is 4.42. The average Bonchev–Trinajstić information content (AvgIpc) is 3.19. The number of rotatable bonds is 7. The Kier molecular flexibility index (Phi) is 8.16. The fraction of sp³-hybridized carbons (Fsp3) is 0.207. The molecule has 0 unspecified atom stereocenters. The summed E-state index contributed by atoms with van der Waals surface area (Å²) < 4.78 is 11.4. The van der Waals surface area contributed by atoms with Crippen molar-refractivity contribution in [3.8, 4) is 11.5 Å². The standard InChI is InChI=1S/C29H24Cl2N2O5S/c1-37-25-12-18(6-9-24(25)38-17-21-7-8-22(30)14-23(21)31)13-26-28(35)33(29(36)39-26)16-27(34)32-11-10-19-4-2-3-5-20(19)15-32/h2-9,12-14H,10-11,15-17H2,1H3/b26-13+. The van der Waals surface area contributed by atoms with Crippen molar-refractivity contribution < 1.29 is 23.9 Å². The molecule has 2 aliphatic rings. The number of benzene rings is 3. The Morgan fingerprint density at radius 3 is 2.59 bits per heavy atom. The summed E-state index contributed by atoms with van der Waals surface area (Å²) in [6.45, 7) is 0.953. The maximum atomic E-state index is 13.0. The molecule has 3 amide bonds. The van der Waals surface area contributed by atoms with Crippen molar-refractivity contribution in [3.05, 3.63) is 97.9 Å². The number of nitrogens with zero attached hydrogens (tertiary/aromatic N) is 2. The SMILES string of the molecule is COc1cc(/C=C2/SC(=O)N(CC(=O)N3CCc4ccccc4C3)C2=O)ccc1OCc1ccc(Cl)cc1Cl. The van der Waals surface area contributed by atoms with Crippen LogP contribution in [0.4, 0.5) is 4.79 Å². The van der Waals surface area contributed by atoms with Crippen molar-refractivity contribution >= 4 is 58.1 Å². The molecule has 39 heavy (non-hydrogen) atoms. The van der Waals surface area contributed by atoms with Gasteiger partial charge < -0.3 is 14.4 Å². The Labute approximate surface area is 240 Å². The summed E-state index contributed by atoms with van der Waals surface area (Å²) in [5.74, 6) is 0.195. The van der Waals surface area contributed by atoms with Crippen LogP contribution in [0.25, 0.3) is 6.08 Å². The summed E-state index contributed by atoms with van der Waals surface area (Å²) in [4.78, 5) is 41.6. The third kappa shape index (κ3) is 6.08. The van der Waals surface area contributed by atoms with E-state index in [0.717, 1.165) is 34.2 Å². The highest BCUT2D eigenvalue weighted by Crippen LogP contribution is 2.35. The van der Waals surface area contributed by atoms with Crippen molar-refractivity contribution in [2.45, 2.75) is 19.6 Å². The van der Waals surface area contributed by atoms with Crippen LogP contribution >= 0.6 is 35.0 Å². The van der Waals surface area contributed by atoms with Gasteiger partial charge in [-0.1, -0.05) is 59.6 Å². The Balaban J connectivity index is 1.25. The van der Waals surface area contributed by atoms with Crippen LogP contribution in [-0.4, -0.2) is 47.1 Å². The molecule has 0 aliphatic carbocycles. The molecular weight excluding hydrogens is 559 g/mol. The normalized spacial score (nSPS) is 16.0. The zero-order chi connectivity index (χ0) is 27.5. The maximum absolute atomic E-state index is 13.0. The molecule has 0 bridgehead atoms. The zero-order valence-corrected chi connectivity index (χ0v) is 23.3. The first-order valence-electron chi connectivity index (χ1n) is 12.2. The van der Waals surface area contributed by atoms with E-state index in [1.165, 1.54) is 12.7 Å². The number of amides is 3. The molecule has 0 saturated carbocycles. The van der Waals surface area contributed by atoms with Gasteiger partial charge in [0.25, 0.3) is 11.1 Å². The number of imide groups is 1. The highest BCUT2D eigenvalue weighted by atomic mass is 35.5. The van der Waals surface area contributed by atoms with Crippen molar-refractivity contribution in [2.75, 3.05) is 20.2 Å². The van der Waals surface area contributed by atoms with Crippen molar-refractivity contribution in [3.63, 3.8) is 0 Å². The van der Waals surface area contributed by atoms with Crippen LogP contribution in [0.1, 0.15) is 22.3 Å². The lowest BCUT2D eigenvalue weighted by atomic mass is 10.00. The molecule has 1 saturated heterocycles. The van der Waals surface area contributed by atoms with Crippen LogP contribution in [0.2, 0.25) is 10.0 Å². The van der Waals surface area contributed by atoms with Gasteiger partial charge in [-0.2, -0.15) is 0 Å². The van der Waals surface area contributed by atoms with Gasteiger partial charge in [0.1, 0.15) is 13.2 Å². The van der Waals surface area contributed by atoms with E-state index < -0.39 is 11.1 Å².